The molecule has 3 N–H and O–H groups in total. The summed E-state index contributed by atoms with van der Waals surface area (Å²) in [6, 6.07) is 13.3. The summed E-state index contributed by atoms with van der Waals surface area (Å²) in [5.41, 5.74) is 6.59. The number of nitrogens with one attached hydrogen (secondary N) is 1. The minimum atomic E-state index is -0.318. The molecule has 0 spiro atoms. The fraction of sp³-hybridized carbons (Fsp3) is 0.333. The summed E-state index contributed by atoms with van der Waals surface area (Å²) in [5.74, 6) is 6.15. The van der Waals surface area contributed by atoms with Crippen LogP contribution in [0.25, 0.3) is 0 Å². The topological polar surface area (TPSA) is 38.0 Å². The summed E-state index contributed by atoms with van der Waals surface area (Å²) in [4.78, 5) is 0. The molecular weight excluding hydrogens is 263 g/mol. The van der Waals surface area contributed by atoms with E-state index in [-0.39, 0.29) is 11.9 Å². The molecule has 1 saturated carbocycles. The van der Waals surface area contributed by atoms with Crippen LogP contribution in [0.3, 0.4) is 0 Å². The van der Waals surface area contributed by atoms with Crippen molar-refractivity contribution in [1.82, 2.24) is 5.43 Å². The Morgan fingerprint density at radius 2 is 1.86 bits per heavy atom. The fourth-order valence-electron chi connectivity index (χ4n) is 2.93. The van der Waals surface area contributed by atoms with Gasteiger partial charge in [-0.15, -0.1) is 0 Å². The van der Waals surface area contributed by atoms with Gasteiger partial charge in [0.25, 0.3) is 0 Å². The monoisotopic (exact) mass is 284 g/mol. The number of aryl methyl sites for hydroxylation is 1. The highest BCUT2D eigenvalue weighted by molar-refractivity contribution is 5.36. The molecule has 0 saturated heterocycles. The summed E-state index contributed by atoms with van der Waals surface area (Å²) in [5, 5.41) is 0. The van der Waals surface area contributed by atoms with Crippen LogP contribution < -0.4 is 11.3 Å². The van der Waals surface area contributed by atoms with Gasteiger partial charge in [0.15, 0.2) is 0 Å². The lowest BCUT2D eigenvalue weighted by Crippen LogP contribution is -2.29. The van der Waals surface area contributed by atoms with Crippen molar-refractivity contribution in [1.29, 1.82) is 0 Å². The zero-order valence-electron chi connectivity index (χ0n) is 12.3. The zero-order valence-corrected chi connectivity index (χ0v) is 12.3. The van der Waals surface area contributed by atoms with Gasteiger partial charge < -0.3 is 0 Å². The maximum atomic E-state index is 14.1. The van der Waals surface area contributed by atoms with Crippen molar-refractivity contribution in [2.24, 2.45) is 5.84 Å². The van der Waals surface area contributed by atoms with E-state index in [0.29, 0.717) is 11.5 Å². The molecule has 21 heavy (non-hydrogen) atoms. The third kappa shape index (κ3) is 2.85. The van der Waals surface area contributed by atoms with E-state index >= 15 is 0 Å². The molecule has 0 amide bonds. The quantitative estimate of drug-likeness (QED) is 0.659. The Morgan fingerprint density at radius 1 is 1.14 bits per heavy atom. The zero-order chi connectivity index (χ0) is 14.8. The van der Waals surface area contributed by atoms with Gasteiger partial charge in [0.2, 0.25) is 0 Å². The van der Waals surface area contributed by atoms with E-state index in [0.717, 1.165) is 11.1 Å². The third-order valence-electron chi connectivity index (χ3n) is 4.48. The standard InChI is InChI=1S/C18H21FN2/c1-12-5-10-16(17(19)11-12)18(21-20)15-8-6-14(7-9-15)13-3-2-4-13/h5-11,13,18,21H,2-4,20H2,1H3. The number of rotatable bonds is 4. The van der Waals surface area contributed by atoms with Crippen LogP contribution in [0, 0.1) is 12.7 Å². The van der Waals surface area contributed by atoms with Crippen LogP contribution in [0.1, 0.15) is 53.5 Å². The fourth-order valence-corrected chi connectivity index (χ4v) is 2.93. The SMILES string of the molecule is Cc1ccc(C(NN)c2ccc(C3CCC3)cc2)c(F)c1. The predicted octanol–water partition coefficient (Wildman–Crippen LogP) is 3.95. The van der Waals surface area contributed by atoms with Crippen molar-refractivity contribution in [3.63, 3.8) is 0 Å². The molecule has 2 aromatic rings. The highest BCUT2D eigenvalue weighted by Gasteiger charge is 2.21. The maximum absolute atomic E-state index is 14.1. The second kappa shape index (κ2) is 5.96. The van der Waals surface area contributed by atoms with Crippen LogP contribution in [-0.4, -0.2) is 0 Å². The first-order valence-electron chi connectivity index (χ1n) is 7.51. The van der Waals surface area contributed by atoms with Crippen LogP contribution in [-0.2, 0) is 0 Å². The van der Waals surface area contributed by atoms with Crippen LogP contribution in [0.2, 0.25) is 0 Å². The molecule has 0 heterocycles. The summed E-state index contributed by atoms with van der Waals surface area (Å²) in [7, 11) is 0. The van der Waals surface area contributed by atoms with Gasteiger partial charge in [0, 0.05) is 5.56 Å². The van der Waals surface area contributed by atoms with Gasteiger partial charge in [-0.25, -0.2) is 9.82 Å². The molecule has 1 fully saturated rings. The summed E-state index contributed by atoms with van der Waals surface area (Å²) < 4.78 is 14.1. The molecule has 1 unspecified atom stereocenters. The molecule has 3 rings (SSSR count). The second-order valence-electron chi connectivity index (χ2n) is 5.92. The molecule has 0 aliphatic heterocycles. The van der Waals surface area contributed by atoms with Crippen LogP contribution >= 0.6 is 0 Å². The van der Waals surface area contributed by atoms with E-state index in [2.05, 4.69) is 29.7 Å². The predicted molar refractivity (Wildman–Crippen MR) is 83.3 cm³/mol. The molecular formula is C18H21FN2. The van der Waals surface area contributed by atoms with Gasteiger partial charge in [0.1, 0.15) is 5.82 Å². The minimum absolute atomic E-state index is 0.221. The molecule has 3 heteroatoms. The Labute approximate surface area is 125 Å². The number of hydrogen-bond acceptors (Lipinski definition) is 2. The third-order valence-corrected chi connectivity index (χ3v) is 4.48. The van der Waals surface area contributed by atoms with Gasteiger partial charge in [-0.05, 0) is 48.4 Å². The minimum Gasteiger partial charge on any atom is -0.271 e. The highest BCUT2D eigenvalue weighted by Crippen LogP contribution is 2.36. The van der Waals surface area contributed by atoms with Gasteiger partial charge in [0.05, 0.1) is 6.04 Å². The van der Waals surface area contributed by atoms with E-state index in [1.54, 1.807) is 12.1 Å². The van der Waals surface area contributed by atoms with Crippen molar-refractivity contribution in [3.8, 4) is 0 Å². The Balaban J connectivity index is 1.88. The van der Waals surface area contributed by atoms with E-state index in [4.69, 9.17) is 5.84 Å². The first-order valence-corrected chi connectivity index (χ1v) is 7.51. The Morgan fingerprint density at radius 3 is 2.38 bits per heavy atom. The average molecular weight is 284 g/mol. The van der Waals surface area contributed by atoms with E-state index < -0.39 is 0 Å². The lowest BCUT2D eigenvalue weighted by atomic mass is 9.79. The number of nitrogens with two attached hydrogens (primary N) is 1. The van der Waals surface area contributed by atoms with E-state index in [9.17, 15) is 4.39 Å². The molecule has 1 atom stereocenters. The molecule has 1 aliphatic rings. The van der Waals surface area contributed by atoms with Crippen molar-refractivity contribution in [2.75, 3.05) is 0 Å². The summed E-state index contributed by atoms with van der Waals surface area (Å²) >= 11 is 0. The lowest BCUT2D eigenvalue weighted by molar-refractivity contribution is 0.419. The summed E-state index contributed by atoms with van der Waals surface area (Å²) in [6.45, 7) is 1.88. The molecule has 2 nitrogen and oxygen atoms in total. The molecule has 0 aromatic heterocycles. The smallest absolute Gasteiger partial charge is 0.128 e. The number of benzene rings is 2. The van der Waals surface area contributed by atoms with E-state index in [1.807, 2.05) is 13.0 Å². The van der Waals surface area contributed by atoms with Crippen LogP contribution in [0.5, 0.6) is 0 Å². The van der Waals surface area contributed by atoms with Gasteiger partial charge in [-0.3, -0.25) is 5.84 Å². The van der Waals surface area contributed by atoms with Gasteiger partial charge >= 0.3 is 0 Å². The van der Waals surface area contributed by atoms with E-state index in [1.165, 1.54) is 24.8 Å². The van der Waals surface area contributed by atoms with Crippen LogP contribution in [0.15, 0.2) is 42.5 Å². The largest absolute Gasteiger partial charge is 0.271 e. The Bertz CT molecular complexity index is 618. The first-order chi connectivity index (χ1) is 10.2. The Kier molecular flexibility index (Phi) is 4.04. The van der Waals surface area contributed by atoms with Gasteiger partial charge in [-0.1, -0.05) is 42.8 Å². The second-order valence-corrected chi connectivity index (χ2v) is 5.92. The normalized spacial score (nSPS) is 16.5. The summed E-state index contributed by atoms with van der Waals surface area (Å²) in [6.07, 6.45) is 3.89. The number of hydrogen-bond donors (Lipinski definition) is 2. The number of halogens is 1. The molecule has 110 valence electrons. The maximum Gasteiger partial charge on any atom is 0.128 e. The lowest BCUT2D eigenvalue weighted by Gasteiger charge is -2.26. The molecule has 1 aliphatic carbocycles. The van der Waals surface area contributed by atoms with Crippen molar-refractivity contribution >= 4 is 0 Å². The van der Waals surface area contributed by atoms with Gasteiger partial charge in [-0.2, -0.15) is 0 Å². The van der Waals surface area contributed by atoms with Crippen molar-refractivity contribution in [3.05, 3.63) is 70.5 Å². The van der Waals surface area contributed by atoms with Crippen LogP contribution in [0.4, 0.5) is 4.39 Å². The average Bonchev–Trinajstić information content (AvgIpc) is 2.42. The first kappa shape index (κ1) is 14.2. The molecule has 0 bridgehead atoms. The van der Waals surface area contributed by atoms with Crippen molar-refractivity contribution in [2.45, 2.75) is 38.1 Å². The highest BCUT2D eigenvalue weighted by atomic mass is 19.1. The van der Waals surface area contributed by atoms with Crippen molar-refractivity contribution < 1.29 is 4.39 Å². The molecule has 2 aromatic carbocycles. The Hall–Kier alpha value is -1.71. The number of hydrazine groups is 1. The molecule has 0 radical (unpaired) electrons.